The number of hydrogen-bond donors (Lipinski definition) is 1. The van der Waals surface area contributed by atoms with Crippen molar-refractivity contribution in [3.8, 4) is 0 Å². The third-order valence-electron chi connectivity index (χ3n) is 1.97. The van der Waals surface area contributed by atoms with Crippen LogP contribution in [0.15, 0.2) is 0 Å². The Hall–Kier alpha value is 0.750. The fourth-order valence-corrected chi connectivity index (χ4v) is 2.69. The summed E-state index contributed by atoms with van der Waals surface area (Å²) < 4.78 is 0. The maximum Gasteiger partial charge on any atom is 0.0763 e. The smallest absolute Gasteiger partial charge is 0.0763 e. The van der Waals surface area contributed by atoms with E-state index in [0.29, 0.717) is 5.33 Å². The Balaban J connectivity index is 2.22. The highest BCUT2D eigenvalue weighted by Crippen LogP contribution is 2.17. The molecule has 0 radical (unpaired) electrons. The molecule has 2 nitrogen and oxygen atoms in total. The van der Waals surface area contributed by atoms with Crippen molar-refractivity contribution in [2.45, 2.75) is 18.3 Å². The molecular weight excluding hydrogens is 238 g/mol. The largest absolute Gasteiger partial charge is 0.391 e. The summed E-state index contributed by atoms with van der Waals surface area (Å²) >= 11 is 5.30. The molecular formula is C8H16BrNOS. The molecule has 1 heterocycles. The fourth-order valence-electron chi connectivity index (χ4n) is 1.40. The Kier molecular flexibility index (Phi) is 4.94. The van der Waals surface area contributed by atoms with Crippen LogP contribution in [0.4, 0.5) is 0 Å². The van der Waals surface area contributed by atoms with Crippen LogP contribution in [0.25, 0.3) is 0 Å². The second-order valence-electron chi connectivity index (χ2n) is 3.25. The third kappa shape index (κ3) is 3.64. The quantitative estimate of drug-likeness (QED) is 0.765. The molecule has 1 saturated heterocycles. The van der Waals surface area contributed by atoms with Gasteiger partial charge >= 0.3 is 0 Å². The molecule has 72 valence electrons. The number of rotatable bonds is 3. The van der Waals surface area contributed by atoms with Gasteiger partial charge in [-0.05, 0) is 0 Å². The minimum Gasteiger partial charge on any atom is -0.391 e. The normalized spacial score (nSPS) is 28.8. The number of hydrogen-bond acceptors (Lipinski definition) is 3. The van der Waals surface area contributed by atoms with Gasteiger partial charge in [-0.1, -0.05) is 22.9 Å². The van der Waals surface area contributed by atoms with Crippen molar-refractivity contribution in [1.29, 1.82) is 0 Å². The van der Waals surface area contributed by atoms with Crippen molar-refractivity contribution in [1.82, 2.24) is 4.90 Å². The lowest BCUT2D eigenvalue weighted by Crippen LogP contribution is -2.41. The third-order valence-corrected chi connectivity index (χ3v) is 3.86. The molecule has 0 aromatic heterocycles. The summed E-state index contributed by atoms with van der Waals surface area (Å²) in [6.45, 7) is 5.31. The lowest BCUT2D eigenvalue weighted by atomic mass is 10.3. The van der Waals surface area contributed by atoms with Gasteiger partial charge in [-0.15, -0.1) is 0 Å². The highest BCUT2D eigenvalue weighted by atomic mass is 79.9. The van der Waals surface area contributed by atoms with Crippen LogP contribution in [-0.4, -0.2) is 52.1 Å². The highest BCUT2D eigenvalue weighted by Gasteiger charge is 2.18. The zero-order valence-corrected chi connectivity index (χ0v) is 9.77. The van der Waals surface area contributed by atoms with Crippen molar-refractivity contribution >= 4 is 27.7 Å². The molecule has 1 N–H and O–H groups in total. The summed E-state index contributed by atoms with van der Waals surface area (Å²) in [5, 5.41) is 10.8. The van der Waals surface area contributed by atoms with Crippen molar-refractivity contribution in [2.24, 2.45) is 0 Å². The van der Waals surface area contributed by atoms with Gasteiger partial charge in [-0.3, -0.25) is 4.90 Å². The monoisotopic (exact) mass is 253 g/mol. The molecule has 0 aromatic carbocycles. The Morgan fingerprint density at radius 1 is 1.75 bits per heavy atom. The Labute approximate surface area is 86.8 Å². The minimum absolute atomic E-state index is 0.208. The molecule has 0 spiro atoms. The van der Waals surface area contributed by atoms with Gasteiger partial charge in [0.1, 0.15) is 0 Å². The van der Waals surface area contributed by atoms with E-state index < -0.39 is 0 Å². The van der Waals surface area contributed by atoms with E-state index in [1.165, 1.54) is 5.75 Å². The first-order chi connectivity index (χ1) is 5.72. The molecule has 2 atom stereocenters. The Morgan fingerprint density at radius 2 is 2.50 bits per heavy atom. The van der Waals surface area contributed by atoms with Gasteiger partial charge in [0.25, 0.3) is 0 Å². The van der Waals surface area contributed by atoms with Gasteiger partial charge in [0, 0.05) is 36.0 Å². The van der Waals surface area contributed by atoms with E-state index in [1.807, 2.05) is 11.8 Å². The standard InChI is InChI=1S/C8H16BrNOS/c1-7-5-10(2-3-12-7)6-8(11)4-9/h7-8,11H,2-6H2,1H3. The van der Waals surface area contributed by atoms with Crippen LogP contribution in [0.2, 0.25) is 0 Å². The lowest BCUT2D eigenvalue weighted by molar-refractivity contribution is 0.134. The SMILES string of the molecule is CC1CN(CC(O)CBr)CCS1. The fraction of sp³-hybridized carbons (Fsp3) is 1.00. The highest BCUT2D eigenvalue weighted by molar-refractivity contribution is 9.09. The number of aliphatic hydroxyl groups excluding tert-OH is 1. The van der Waals surface area contributed by atoms with Crippen LogP contribution in [-0.2, 0) is 0 Å². The van der Waals surface area contributed by atoms with Crippen LogP contribution in [0.3, 0.4) is 0 Å². The predicted molar refractivity (Wildman–Crippen MR) is 58.2 cm³/mol. The Morgan fingerprint density at radius 3 is 3.08 bits per heavy atom. The van der Waals surface area contributed by atoms with Gasteiger partial charge in [0.15, 0.2) is 0 Å². The zero-order chi connectivity index (χ0) is 8.97. The molecule has 2 unspecified atom stereocenters. The lowest BCUT2D eigenvalue weighted by Gasteiger charge is -2.31. The van der Waals surface area contributed by atoms with E-state index in [0.717, 1.165) is 24.9 Å². The van der Waals surface area contributed by atoms with E-state index in [4.69, 9.17) is 0 Å². The number of β-amino-alcohol motifs (C(OH)–C–C–N with tert-alkyl or cyclic N) is 1. The van der Waals surface area contributed by atoms with E-state index in [-0.39, 0.29) is 6.10 Å². The second-order valence-corrected chi connectivity index (χ2v) is 5.44. The first-order valence-electron chi connectivity index (χ1n) is 4.30. The zero-order valence-electron chi connectivity index (χ0n) is 7.37. The van der Waals surface area contributed by atoms with Crippen molar-refractivity contribution in [3.63, 3.8) is 0 Å². The number of alkyl halides is 1. The molecule has 0 saturated carbocycles. The van der Waals surface area contributed by atoms with E-state index in [1.54, 1.807) is 0 Å². The maximum absolute atomic E-state index is 9.40. The van der Waals surface area contributed by atoms with Crippen LogP contribution < -0.4 is 0 Å². The molecule has 0 bridgehead atoms. The van der Waals surface area contributed by atoms with Crippen LogP contribution >= 0.6 is 27.7 Å². The van der Waals surface area contributed by atoms with E-state index in [9.17, 15) is 5.11 Å². The molecule has 1 rings (SSSR count). The Bertz CT molecular complexity index is 136. The topological polar surface area (TPSA) is 23.5 Å². The van der Waals surface area contributed by atoms with E-state index in [2.05, 4.69) is 27.8 Å². The van der Waals surface area contributed by atoms with Crippen LogP contribution in [0.5, 0.6) is 0 Å². The molecule has 12 heavy (non-hydrogen) atoms. The first-order valence-corrected chi connectivity index (χ1v) is 6.47. The average molecular weight is 254 g/mol. The average Bonchev–Trinajstić information content (AvgIpc) is 2.04. The number of thioether (sulfide) groups is 1. The van der Waals surface area contributed by atoms with Crippen LogP contribution in [0, 0.1) is 0 Å². The van der Waals surface area contributed by atoms with Crippen molar-refractivity contribution in [2.75, 3.05) is 30.7 Å². The molecule has 0 aliphatic carbocycles. The first kappa shape index (κ1) is 10.8. The van der Waals surface area contributed by atoms with Crippen LogP contribution in [0.1, 0.15) is 6.92 Å². The summed E-state index contributed by atoms with van der Waals surface area (Å²) in [6, 6.07) is 0. The van der Waals surface area contributed by atoms with Gasteiger partial charge in [-0.25, -0.2) is 0 Å². The summed E-state index contributed by atoms with van der Waals surface area (Å²) in [5.41, 5.74) is 0. The van der Waals surface area contributed by atoms with Gasteiger partial charge in [0.05, 0.1) is 6.10 Å². The second kappa shape index (κ2) is 5.47. The molecule has 1 fully saturated rings. The number of halogens is 1. The number of nitrogens with zero attached hydrogens (tertiary/aromatic N) is 1. The summed E-state index contributed by atoms with van der Waals surface area (Å²) in [5.74, 6) is 1.20. The van der Waals surface area contributed by atoms with E-state index >= 15 is 0 Å². The van der Waals surface area contributed by atoms with Crippen molar-refractivity contribution in [3.05, 3.63) is 0 Å². The summed E-state index contributed by atoms with van der Waals surface area (Å²) in [4.78, 5) is 2.34. The summed E-state index contributed by atoms with van der Waals surface area (Å²) in [6.07, 6.45) is -0.208. The minimum atomic E-state index is -0.208. The van der Waals surface area contributed by atoms with Gasteiger partial charge in [0.2, 0.25) is 0 Å². The molecule has 1 aliphatic heterocycles. The predicted octanol–water partition coefficient (Wildman–Crippen LogP) is 1.18. The molecule has 0 amide bonds. The summed E-state index contributed by atoms with van der Waals surface area (Å²) in [7, 11) is 0. The van der Waals surface area contributed by atoms with Gasteiger partial charge < -0.3 is 5.11 Å². The van der Waals surface area contributed by atoms with Crippen molar-refractivity contribution < 1.29 is 5.11 Å². The molecule has 1 aliphatic rings. The number of aliphatic hydroxyl groups is 1. The maximum atomic E-state index is 9.40. The van der Waals surface area contributed by atoms with Gasteiger partial charge in [-0.2, -0.15) is 11.8 Å². The molecule has 4 heteroatoms. The molecule has 0 aromatic rings.